The summed E-state index contributed by atoms with van der Waals surface area (Å²) in [6.07, 6.45) is 0. The van der Waals surface area contributed by atoms with Gasteiger partial charge in [-0.2, -0.15) is 0 Å². The summed E-state index contributed by atoms with van der Waals surface area (Å²) < 4.78 is 3.25. The largest absolute Gasteiger partial charge is 0.396 e. The molecular formula is C10H9ClN2OS3. The fraction of sp³-hybridized carbons (Fsp3) is 0.200. The highest BCUT2D eigenvalue weighted by Crippen LogP contribution is 2.24. The van der Waals surface area contributed by atoms with Gasteiger partial charge in [0, 0.05) is 10.8 Å². The molecule has 0 unspecified atom stereocenters. The Morgan fingerprint density at radius 2 is 2.12 bits per heavy atom. The van der Waals surface area contributed by atoms with Crippen molar-refractivity contribution in [3.8, 4) is 5.69 Å². The maximum absolute atomic E-state index is 8.76. The first-order chi connectivity index (χ1) is 8.20. The molecule has 0 aliphatic rings. The first-order valence-electron chi connectivity index (χ1n) is 4.80. The van der Waals surface area contributed by atoms with Crippen LogP contribution in [0.2, 0.25) is 5.02 Å². The van der Waals surface area contributed by atoms with Crippen LogP contribution in [0.4, 0.5) is 0 Å². The summed E-state index contributed by atoms with van der Waals surface area (Å²) in [5.41, 5.74) is 0.895. The van der Waals surface area contributed by atoms with Gasteiger partial charge in [-0.3, -0.25) is 0 Å². The molecule has 1 N–H and O–H groups in total. The van der Waals surface area contributed by atoms with E-state index in [0.717, 1.165) is 10.0 Å². The second-order valence-corrected chi connectivity index (χ2v) is 6.50. The number of hydrogen-bond acceptors (Lipinski definition) is 5. The van der Waals surface area contributed by atoms with Crippen molar-refractivity contribution >= 4 is 46.9 Å². The fourth-order valence-electron chi connectivity index (χ4n) is 1.20. The van der Waals surface area contributed by atoms with Crippen LogP contribution in [0.1, 0.15) is 0 Å². The van der Waals surface area contributed by atoms with Crippen LogP contribution >= 0.6 is 46.9 Å². The van der Waals surface area contributed by atoms with Gasteiger partial charge in [0.25, 0.3) is 0 Å². The highest BCUT2D eigenvalue weighted by atomic mass is 35.5. The number of aliphatic hydroxyl groups excluding tert-OH is 1. The van der Waals surface area contributed by atoms with Crippen LogP contribution in [-0.2, 0) is 0 Å². The van der Waals surface area contributed by atoms with Crippen LogP contribution in [0, 0.1) is 3.95 Å². The van der Waals surface area contributed by atoms with Crippen LogP contribution in [0.5, 0.6) is 0 Å². The summed E-state index contributed by atoms with van der Waals surface area (Å²) in [6.45, 7) is 0.137. The third-order valence-electron chi connectivity index (χ3n) is 1.92. The van der Waals surface area contributed by atoms with E-state index in [1.807, 2.05) is 12.1 Å². The van der Waals surface area contributed by atoms with Gasteiger partial charge in [-0.1, -0.05) is 34.7 Å². The zero-order valence-electron chi connectivity index (χ0n) is 8.67. The van der Waals surface area contributed by atoms with Crippen LogP contribution in [-0.4, -0.2) is 27.2 Å². The zero-order valence-corrected chi connectivity index (χ0v) is 11.9. The standard InChI is InChI=1S/C10H9ClN2OS3/c11-7-1-3-8(4-2-7)13-10(15)17-9(12-13)16-6-5-14/h1-4,14H,5-6H2. The van der Waals surface area contributed by atoms with Gasteiger partial charge < -0.3 is 5.11 Å². The highest BCUT2D eigenvalue weighted by Gasteiger charge is 2.05. The molecule has 0 radical (unpaired) electrons. The van der Waals surface area contributed by atoms with Crippen LogP contribution in [0.25, 0.3) is 5.69 Å². The number of thioether (sulfide) groups is 1. The molecule has 0 bridgehead atoms. The van der Waals surface area contributed by atoms with E-state index in [4.69, 9.17) is 28.9 Å². The molecule has 0 saturated heterocycles. The molecule has 0 aliphatic carbocycles. The molecule has 0 atom stereocenters. The summed E-state index contributed by atoms with van der Waals surface area (Å²) in [5, 5.41) is 13.8. The maximum Gasteiger partial charge on any atom is 0.184 e. The van der Waals surface area contributed by atoms with E-state index < -0.39 is 0 Å². The molecule has 1 aromatic heterocycles. The Balaban J connectivity index is 2.29. The summed E-state index contributed by atoms with van der Waals surface area (Å²) in [6, 6.07) is 7.35. The van der Waals surface area contributed by atoms with Crippen molar-refractivity contribution in [1.82, 2.24) is 9.78 Å². The minimum Gasteiger partial charge on any atom is -0.396 e. The van der Waals surface area contributed by atoms with E-state index in [1.165, 1.54) is 23.1 Å². The van der Waals surface area contributed by atoms with Crippen molar-refractivity contribution in [2.75, 3.05) is 12.4 Å². The monoisotopic (exact) mass is 304 g/mol. The van der Waals surface area contributed by atoms with Crippen molar-refractivity contribution in [2.45, 2.75) is 4.34 Å². The second kappa shape index (κ2) is 5.97. The SMILES string of the molecule is OCCSc1nn(-c2ccc(Cl)cc2)c(=S)s1. The quantitative estimate of drug-likeness (QED) is 0.694. The number of halogens is 1. The summed E-state index contributed by atoms with van der Waals surface area (Å²) >= 11 is 14.0. The Bertz CT molecular complexity index is 549. The molecule has 7 heteroatoms. The lowest BCUT2D eigenvalue weighted by Gasteiger charge is -1.99. The maximum atomic E-state index is 8.76. The number of hydrogen-bond donors (Lipinski definition) is 1. The van der Waals surface area contributed by atoms with Gasteiger partial charge in [0.1, 0.15) is 0 Å². The smallest absolute Gasteiger partial charge is 0.184 e. The molecule has 0 saturated carbocycles. The second-order valence-electron chi connectivity index (χ2n) is 3.09. The molecule has 0 spiro atoms. The van der Waals surface area contributed by atoms with E-state index in [-0.39, 0.29) is 6.61 Å². The minimum absolute atomic E-state index is 0.137. The first kappa shape index (κ1) is 13.0. The van der Waals surface area contributed by atoms with Gasteiger partial charge >= 0.3 is 0 Å². The number of rotatable bonds is 4. The summed E-state index contributed by atoms with van der Waals surface area (Å²) in [7, 11) is 0. The van der Waals surface area contributed by atoms with Crippen molar-refractivity contribution < 1.29 is 5.11 Å². The molecule has 2 aromatic rings. The minimum atomic E-state index is 0.137. The topological polar surface area (TPSA) is 38.1 Å². The predicted molar refractivity (Wildman–Crippen MR) is 75.1 cm³/mol. The average Bonchev–Trinajstić information content (AvgIpc) is 2.69. The van der Waals surface area contributed by atoms with E-state index in [1.54, 1.807) is 16.8 Å². The van der Waals surface area contributed by atoms with Gasteiger partial charge in [0.15, 0.2) is 8.29 Å². The van der Waals surface area contributed by atoms with E-state index in [2.05, 4.69) is 5.10 Å². The Morgan fingerprint density at radius 3 is 2.76 bits per heavy atom. The van der Waals surface area contributed by atoms with E-state index >= 15 is 0 Å². The first-order valence-corrected chi connectivity index (χ1v) is 7.39. The molecule has 0 amide bonds. The zero-order chi connectivity index (χ0) is 12.3. The van der Waals surface area contributed by atoms with Crippen molar-refractivity contribution in [2.24, 2.45) is 0 Å². The normalized spacial score (nSPS) is 10.7. The molecule has 3 nitrogen and oxygen atoms in total. The Kier molecular flexibility index (Phi) is 4.58. The number of nitrogens with zero attached hydrogens (tertiary/aromatic N) is 2. The fourth-order valence-corrected chi connectivity index (χ4v) is 3.50. The summed E-state index contributed by atoms with van der Waals surface area (Å²) in [4.78, 5) is 0. The van der Waals surface area contributed by atoms with Crippen molar-refractivity contribution in [1.29, 1.82) is 0 Å². The molecule has 1 heterocycles. The van der Waals surface area contributed by atoms with E-state index in [0.29, 0.717) is 14.7 Å². The Hall–Kier alpha value is -0.400. The molecule has 90 valence electrons. The average molecular weight is 305 g/mol. The van der Waals surface area contributed by atoms with Gasteiger partial charge in [-0.25, -0.2) is 4.68 Å². The third-order valence-corrected chi connectivity index (χ3v) is 4.51. The lowest BCUT2D eigenvalue weighted by atomic mass is 10.3. The lowest BCUT2D eigenvalue weighted by molar-refractivity contribution is 0.322. The molecule has 1 aromatic carbocycles. The third kappa shape index (κ3) is 3.29. The summed E-state index contributed by atoms with van der Waals surface area (Å²) in [5.74, 6) is 0.628. The van der Waals surface area contributed by atoms with Crippen molar-refractivity contribution in [3.63, 3.8) is 0 Å². The number of benzene rings is 1. The van der Waals surface area contributed by atoms with Crippen LogP contribution < -0.4 is 0 Å². The van der Waals surface area contributed by atoms with Crippen LogP contribution in [0.3, 0.4) is 0 Å². The molecule has 17 heavy (non-hydrogen) atoms. The van der Waals surface area contributed by atoms with Crippen LogP contribution in [0.15, 0.2) is 28.6 Å². The van der Waals surface area contributed by atoms with E-state index in [9.17, 15) is 0 Å². The number of aliphatic hydroxyl groups is 1. The lowest BCUT2D eigenvalue weighted by Crippen LogP contribution is -1.96. The van der Waals surface area contributed by atoms with Gasteiger partial charge in [-0.15, -0.1) is 5.10 Å². The van der Waals surface area contributed by atoms with Gasteiger partial charge in [-0.05, 0) is 36.5 Å². The Morgan fingerprint density at radius 1 is 1.41 bits per heavy atom. The van der Waals surface area contributed by atoms with Crippen molar-refractivity contribution in [3.05, 3.63) is 33.2 Å². The molecular weight excluding hydrogens is 296 g/mol. The highest BCUT2D eigenvalue weighted by molar-refractivity contribution is 8.01. The van der Waals surface area contributed by atoms with Gasteiger partial charge in [0.05, 0.1) is 12.3 Å². The van der Waals surface area contributed by atoms with Gasteiger partial charge in [0.2, 0.25) is 0 Å². The molecule has 0 aliphatic heterocycles. The molecule has 0 fully saturated rings. The molecule has 2 rings (SSSR count). The number of aromatic nitrogens is 2. The predicted octanol–water partition coefficient (Wildman–Crippen LogP) is 3.40. The Labute approximate surface area is 117 Å².